The lowest BCUT2D eigenvalue weighted by Crippen LogP contribution is -2.50. The Kier molecular flexibility index (Phi) is 5.42. The summed E-state index contributed by atoms with van der Waals surface area (Å²) in [5.41, 5.74) is 0. The Morgan fingerprint density at radius 2 is 1.69 bits per heavy atom. The Labute approximate surface area is 99.8 Å². The van der Waals surface area contributed by atoms with Crippen LogP contribution in [0.1, 0.15) is 34.1 Å². The van der Waals surface area contributed by atoms with E-state index in [1.807, 2.05) is 13.8 Å². The molecule has 0 amide bonds. The summed E-state index contributed by atoms with van der Waals surface area (Å²) in [4.78, 5) is 16.4. The fourth-order valence-corrected chi connectivity index (χ4v) is 2.02. The lowest BCUT2D eigenvalue weighted by molar-refractivity contribution is -0.123. The van der Waals surface area contributed by atoms with Gasteiger partial charge in [-0.05, 0) is 13.3 Å². The summed E-state index contributed by atoms with van der Waals surface area (Å²) in [6.45, 7) is 13.4. The number of carbonyl (C=O) groups is 1. The van der Waals surface area contributed by atoms with Gasteiger partial charge in [0.05, 0.1) is 6.54 Å². The van der Waals surface area contributed by atoms with Gasteiger partial charge in [0.15, 0.2) is 0 Å². The van der Waals surface area contributed by atoms with Crippen LogP contribution in [0.25, 0.3) is 0 Å². The van der Waals surface area contributed by atoms with Gasteiger partial charge < -0.3 is 0 Å². The molecule has 0 aromatic rings. The number of hydrogen-bond donors (Lipinski definition) is 0. The molecule has 1 heterocycles. The van der Waals surface area contributed by atoms with Gasteiger partial charge in [0.1, 0.15) is 5.78 Å². The molecule has 1 aliphatic rings. The van der Waals surface area contributed by atoms with Crippen molar-refractivity contribution < 1.29 is 4.79 Å². The topological polar surface area (TPSA) is 23.6 Å². The predicted octanol–water partition coefficient (Wildman–Crippen LogP) is 1.63. The van der Waals surface area contributed by atoms with Crippen molar-refractivity contribution in [3.05, 3.63) is 0 Å². The van der Waals surface area contributed by atoms with Crippen LogP contribution >= 0.6 is 0 Å². The first kappa shape index (κ1) is 13.7. The maximum Gasteiger partial charge on any atom is 0.149 e. The molecular formula is C13H26N2O. The third kappa shape index (κ3) is 3.87. The van der Waals surface area contributed by atoms with Crippen LogP contribution in [0.4, 0.5) is 0 Å². The molecule has 1 rings (SSSR count). The quantitative estimate of drug-likeness (QED) is 0.712. The number of nitrogens with zero attached hydrogens (tertiary/aromatic N) is 2. The smallest absolute Gasteiger partial charge is 0.149 e. The van der Waals surface area contributed by atoms with Crippen LogP contribution in [-0.2, 0) is 4.79 Å². The van der Waals surface area contributed by atoms with Crippen molar-refractivity contribution in [3.8, 4) is 0 Å². The number of carbonyl (C=O) groups excluding carboxylic acids is 1. The monoisotopic (exact) mass is 226 g/mol. The second-order valence-corrected chi connectivity index (χ2v) is 5.19. The SMILES string of the molecule is CCC(C)N1CCN(CC(=O)C(C)C)CC1. The van der Waals surface area contributed by atoms with Crippen molar-refractivity contribution in [2.75, 3.05) is 32.7 Å². The van der Waals surface area contributed by atoms with Gasteiger partial charge in [0.25, 0.3) is 0 Å². The number of piperazine rings is 1. The summed E-state index contributed by atoms with van der Waals surface area (Å²) in [6, 6.07) is 0.683. The van der Waals surface area contributed by atoms with Gasteiger partial charge in [-0.2, -0.15) is 0 Å². The largest absolute Gasteiger partial charge is 0.298 e. The molecule has 3 heteroatoms. The van der Waals surface area contributed by atoms with E-state index < -0.39 is 0 Å². The zero-order chi connectivity index (χ0) is 12.1. The van der Waals surface area contributed by atoms with Crippen LogP contribution in [0, 0.1) is 5.92 Å². The van der Waals surface area contributed by atoms with E-state index in [1.165, 1.54) is 6.42 Å². The van der Waals surface area contributed by atoms with E-state index in [0.717, 1.165) is 26.2 Å². The van der Waals surface area contributed by atoms with E-state index in [-0.39, 0.29) is 5.92 Å². The summed E-state index contributed by atoms with van der Waals surface area (Å²) in [7, 11) is 0. The van der Waals surface area contributed by atoms with Crippen molar-refractivity contribution in [2.45, 2.75) is 40.2 Å². The van der Waals surface area contributed by atoms with E-state index in [1.54, 1.807) is 0 Å². The van der Waals surface area contributed by atoms with Crippen molar-refractivity contribution in [1.82, 2.24) is 9.80 Å². The zero-order valence-corrected chi connectivity index (χ0v) is 11.2. The van der Waals surface area contributed by atoms with Gasteiger partial charge in [-0.1, -0.05) is 20.8 Å². The van der Waals surface area contributed by atoms with Crippen LogP contribution in [0.3, 0.4) is 0 Å². The lowest BCUT2D eigenvalue weighted by atomic mass is 10.1. The third-order valence-corrected chi connectivity index (χ3v) is 3.64. The third-order valence-electron chi connectivity index (χ3n) is 3.64. The highest BCUT2D eigenvalue weighted by molar-refractivity contribution is 5.82. The average molecular weight is 226 g/mol. The van der Waals surface area contributed by atoms with E-state index >= 15 is 0 Å². The van der Waals surface area contributed by atoms with Crippen molar-refractivity contribution in [3.63, 3.8) is 0 Å². The molecule has 1 unspecified atom stereocenters. The minimum atomic E-state index is 0.174. The molecule has 1 aliphatic heterocycles. The van der Waals surface area contributed by atoms with Crippen LogP contribution in [0.15, 0.2) is 0 Å². The van der Waals surface area contributed by atoms with E-state index in [0.29, 0.717) is 18.4 Å². The number of ketones is 1. The molecule has 0 bridgehead atoms. The highest BCUT2D eigenvalue weighted by Gasteiger charge is 2.21. The lowest BCUT2D eigenvalue weighted by Gasteiger charge is -2.37. The summed E-state index contributed by atoms with van der Waals surface area (Å²) in [5, 5.41) is 0. The molecule has 16 heavy (non-hydrogen) atoms. The molecule has 3 nitrogen and oxygen atoms in total. The zero-order valence-electron chi connectivity index (χ0n) is 11.2. The molecule has 0 aromatic heterocycles. The van der Waals surface area contributed by atoms with Crippen LogP contribution < -0.4 is 0 Å². The van der Waals surface area contributed by atoms with Crippen molar-refractivity contribution >= 4 is 5.78 Å². The maximum atomic E-state index is 11.6. The molecule has 94 valence electrons. The highest BCUT2D eigenvalue weighted by atomic mass is 16.1. The molecule has 1 atom stereocenters. The number of rotatable bonds is 5. The Morgan fingerprint density at radius 3 is 2.12 bits per heavy atom. The number of Topliss-reactive ketones (excluding diaryl/α,β-unsaturated/α-hetero) is 1. The summed E-state index contributed by atoms with van der Waals surface area (Å²) in [5.74, 6) is 0.546. The van der Waals surface area contributed by atoms with Crippen molar-refractivity contribution in [1.29, 1.82) is 0 Å². The first-order chi connectivity index (χ1) is 7.54. The van der Waals surface area contributed by atoms with Gasteiger partial charge >= 0.3 is 0 Å². The standard InChI is InChI=1S/C13H26N2O/c1-5-12(4)15-8-6-14(7-9-15)10-13(16)11(2)3/h11-12H,5-10H2,1-4H3. The molecule has 0 radical (unpaired) electrons. The van der Waals surface area contributed by atoms with Gasteiger partial charge in [0, 0.05) is 38.1 Å². The fourth-order valence-electron chi connectivity index (χ4n) is 2.02. The minimum absolute atomic E-state index is 0.174. The molecular weight excluding hydrogens is 200 g/mol. The summed E-state index contributed by atoms with van der Waals surface area (Å²) < 4.78 is 0. The van der Waals surface area contributed by atoms with E-state index in [4.69, 9.17) is 0 Å². The first-order valence-electron chi connectivity index (χ1n) is 6.53. The van der Waals surface area contributed by atoms with Gasteiger partial charge in [0.2, 0.25) is 0 Å². The Morgan fingerprint density at radius 1 is 1.12 bits per heavy atom. The Balaban J connectivity index is 2.29. The number of hydrogen-bond acceptors (Lipinski definition) is 3. The van der Waals surface area contributed by atoms with Crippen LogP contribution in [-0.4, -0.2) is 54.3 Å². The molecule has 1 saturated heterocycles. The highest BCUT2D eigenvalue weighted by Crippen LogP contribution is 2.09. The summed E-state index contributed by atoms with van der Waals surface area (Å²) >= 11 is 0. The van der Waals surface area contributed by atoms with E-state index in [2.05, 4.69) is 23.6 Å². The second kappa shape index (κ2) is 6.36. The average Bonchev–Trinajstić information content (AvgIpc) is 2.28. The van der Waals surface area contributed by atoms with Crippen LogP contribution in [0.2, 0.25) is 0 Å². The van der Waals surface area contributed by atoms with Crippen molar-refractivity contribution in [2.24, 2.45) is 5.92 Å². The molecule has 1 fully saturated rings. The Bertz CT molecular complexity index is 220. The molecule has 0 N–H and O–H groups in total. The molecule has 0 aliphatic carbocycles. The van der Waals surface area contributed by atoms with E-state index in [9.17, 15) is 4.79 Å². The predicted molar refractivity (Wildman–Crippen MR) is 67.6 cm³/mol. The van der Waals surface area contributed by atoms with Gasteiger partial charge in [-0.3, -0.25) is 14.6 Å². The van der Waals surface area contributed by atoms with Gasteiger partial charge in [-0.15, -0.1) is 0 Å². The van der Waals surface area contributed by atoms with Gasteiger partial charge in [-0.25, -0.2) is 0 Å². The van der Waals surface area contributed by atoms with Crippen LogP contribution in [0.5, 0.6) is 0 Å². The first-order valence-corrected chi connectivity index (χ1v) is 6.53. The second-order valence-electron chi connectivity index (χ2n) is 5.19. The Hall–Kier alpha value is -0.410. The normalized spacial score (nSPS) is 21.3. The molecule has 0 spiro atoms. The molecule has 0 aromatic carbocycles. The maximum absolute atomic E-state index is 11.6. The molecule has 0 saturated carbocycles. The fraction of sp³-hybridized carbons (Fsp3) is 0.923. The summed E-state index contributed by atoms with van der Waals surface area (Å²) in [6.07, 6.45) is 1.21. The minimum Gasteiger partial charge on any atom is -0.298 e.